The van der Waals surface area contributed by atoms with Gasteiger partial charge in [-0.1, -0.05) is 12.1 Å². The maximum Gasteiger partial charge on any atom is 0.237 e. The molecule has 0 bridgehead atoms. The molecule has 5 heteroatoms. The fraction of sp³-hybridized carbons (Fsp3) is 0.385. The molecule has 0 fully saturated rings. The Hall–Kier alpha value is -1.57. The van der Waals surface area contributed by atoms with Crippen molar-refractivity contribution in [1.29, 1.82) is 5.26 Å². The van der Waals surface area contributed by atoms with Gasteiger partial charge in [-0.2, -0.15) is 5.26 Å². The van der Waals surface area contributed by atoms with Crippen LogP contribution >= 0.6 is 11.6 Å². The van der Waals surface area contributed by atoms with Crippen molar-refractivity contribution in [1.82, 2.24) is 4.90 Å². The van der Waals surface area contributed by atoms with E-state index in [1.165, 1.54) is 0 Å². The monoisotopic (exact) mass is 266 g/mol. The molecule has 96 valence electrons. The highest BCUT2D eigenvalue weighted by Gasteiger charge is 2.12. The summed E-state index contributed by atoms with van der Waals surface area (Å²) in [6.07, 6.45) is 0. The molecule has 1 aromatic rings. The van der Waals surface area contributed by atoms with Crippen molar-refractivity contribution >= 4 is 17.5 Å². The van der Waals surface area contributed by atoms with Crippen LogP contribution in [0.1, 0.15) is 11.1 Å². The molecule has 0 aromatic heterocycles. The van der Waals surface area contributed by atoms with Crippen LogP contribution in [0.25, 0.3) is 0 Å². The summed E-state index contributed by atoms with van der Waals surface area (Å²) in [5.74, 6) is -0.168. The van der Waals surface area contributed by atoms with Crippen LogP contribution in [0.2, 0.25) is 0 Å². The predicted octanol–water partition coefficient (Wildman–Crippen LogP) is 1.77. The highest BCUT2D eigenvalue weighted by atomic mass is 35.5. The van der Waals surface area contributed by atoms with Crippen molar-refractivity contribution < 1.29 is 9.53 Å². The van der Waals surface area contributed by atoms with Gasteiger partial charge in [0.25, 0.3) is 0 Å². The fourth-order valence-electron chi connectivity index (χ4n) is 1.48. The summed E-state index contributed by atoms with van der Waals surface area (Å²) in [5.41, 5.74) is 1.56. The maximum atomic E-state index is 11.6. The summed E-state index contributed by atoms with van der Waals surface area (Å²) >= 11 is 5.56. The van der Waals surface area contributed by atoms with Gasteiger partial charge in [-0.25, -0.2) is 0 Å². The largest absolute Gasteiger partial charge is 0.383 e. The Morgan fingerprint density at radius 1 is 1.44 bits per heavy atom. The summed E-state index contributed by atoms with van der Waals surface area (Å²) in [6.45, 7) is 1.45. The van der Waals surface area contributed by atoms with Gasteiger partial charge in [-0.15, -0.1) is 11.6 Å². The molecule has 0 heterocycles. The van der Waals surface area contributed by atoms with Gasteiger partial charge in [0.05, 0.1) is 18.2 Å². The molecule has 1 amide bonds. The van der Waals surface area contributed by atoms with Crippen LogP contribution < -0.4 is 0 Å². The van der Waals surface area contributed by atoms with Gasteiger partial charge in [-0.05, 0) is 17.7 Å². The maximum absolute atomic E-state index is 11.6. The average Bonchev–Trinajstić information content (AvgIpc) is 2.43. The lowest BCUT2D eigenvalue weighted by atomic mass is 10.1. The van der Waals surface area contributed by atoms with Crippen molar-refractivity contribution in [3.63, 3.8) is 0 Å². The number of benzene rings is 1. The number of methoxy groups -OCH3 is 1. The molecule has 0 radical (unpaired) electrons. The number of carbonyl (C=O) groups excluding carboxylic acids is 1. The molecule has 4 nitrogen and oxygen atoms in total. The molecule has 0 saturated heterocycles. The van der Waals surface area contributed by atoms with Crippen molar-refractivity contribution in [3.8, 4) is 6.07 Å². The Balaban J connectivity index is 2.69. The van der Waals surface area contributed by atoms with Crippen molar-refractivity contribution in [2.24, 2.45) is 0 Å². The molecule has 1 aromatic carbocycles. The van der Waals surface area contributed by atoms with Gasteiger partial charge in [0.15, 0.2) is 0 Å². The average molecular weight is 267 g/mol. The van der Waals surface area contributed by atoms with E-state index in [1.807, 2.05) is 12.1 Å². The lowest BCUT2D eigenvalue weighted by molar-refractivity contribution is -0.129. The molecule has 0 spiro atoms. The minimum absolute atomic E-state index is 0.0417. The Morgan fingerprint density at radius 3 is 2.61 bits per heavy atom. The molecule has 0 atom stereocenters. The summed E-state index contributed by atoms with van der Waals surface area (Å²) < 4.78 is 4.96. The van der Waals surface area contributed by atoms with E-state index < -0.39 is 0 Å². The minimum Gasteiger partial charge on any atom is -0.383 e. The van der Waals surface area contributed by atoms with Crippen LogP contribution in [-0.4, -0.2) is 36.9 Å². The smallest absolute Gasteiger partial charge is 0.237 e. The van der Waals surface area contributed by atoms with Crippen LogP contribution in [0.3, 0.4) is 0 Å². The highest BCUT2D eigenvalue weighted by Crippen LogP contribution is 2.08. The van der Waals surface area contributed by atoms with Gasteiger partial charge in [-0.3, -0.25) is 4.79 Å². The zero-order valence-electron chi connectivity index (χ0n) is 10.2. The Labute approximate surface area is 112 Å². The molecular weight excluding hydrogens is 252 g/mol. The highest BCUT2D eigenvalue weighted by molar-refractivity contribution is 6.27. The first-order valence-electron chi connectivity index (χ1n) is 5.53. The summed E-state index contributed by atoms with van der Waals surface area (Å²) in [5, 5.41) is 8.70. The summed E-state index contributed by atoms with van der Waals surface area (Å²) in [6, 6.07) is 9.18. The Kier molecular flexibility index (Phi) is 6.20. The number of hydrogen-bond donors (Lipinski definition) is 0. The lowest BCUT2D eigenvalue weighted by Gasteiger charge is -2.21. The van der Waals surface area contributed by atoms with Crippen molar-refractivity contribution in [3.05, 3.63) is 35.4 Å². The van der Waals surface area contributed by atoms with Crippen LogP contribution in [0.15, 0.2) is 24.3 Å². The fourth-order valence-corrected chi connectivity index (χ4v) is 1.65. The standard InChI is InChI=1S/C13H15ClN2O2/c1-18-7-6-16(13(17)8-14)10-12-4-2-11(9-15)3-5-12/h2-5H,6-8,10H2,1H3. The third kappa shape index (κ3) is 4.36. The summed E-state index contributed by atoms with van der Waals surface area (Å²) in [4.78, 5) is 13.3. The van der Waals surface area contributed by atoms with Crippen LogP contribution in [0.5, 0.6) is 0 Å². The van der Waals surface area contributed by atoms with Gasteiger partial charge >= 0.3 is 0 Å². The molecule has 0 aliphatic rings. The van der Waals surface area contributed by atoms with E-state index in [0.29, 0.717) is 25.3 Å². The lowest BCUT2D eigenvalue weighted by Crippen LogP contribution is -2.34. The third-order valence-corrected chi connectivity index (χ3v) is 2.72. The van der Waals surface area contributed by atoms with Crippen LogP contribution in [0, 0.1) is 11.3 Å². The quantitative estimate of drug-likeness (QED) is 0.738. The van der Waals surface area contributed by atoms with Crippen LogP contribution in [-0.2, 0) is 16.1 Å². The van der Waals surface area contributed by atoms with E-state index >= 15 is 0 Å². The molecule has 0 saturated carbocycles. The number of nitriles is 1. The SMILES string of the molecule is COCCN(Cc1ccc(C#N)cc1)C(=O)CCl. The molecule has 0 aliphatic carbocycles. The number of alkyl halides is 1. The molecule has 0 N–H and O–H groups in total. The van der Waals surface area contributed by atoms with Gasteiger partial charge in [0, 0.05) is 20.2 Å². The van der Waals surface area contributed by atoms with E-state index in [0.717, 1.165) is 5.56 Å². The summed E-state index contributed by atoms with van der Waals surface area (Å²) in [7, 11) is 1.59. The second-order valence-corrected chi connectivity index (χ2v) is 4.02. The number of amides is 1. The van der Waals surface area contributed by atoms with E-state index in [1.54, 1.807) is 24.1 Å². The third-order valence-electron chi connectivity index (χ3n) is 2.49. The van der Waals surface area contributed by atoms with Gasteiger partial charge in [0.1, 0.15) is 5.88 Å². The first-order valence-corrected chi connectivity index (χ1v) is 6.06. The number of ether oxygens (including phenoxy) is 1. The number of rotatable bonds is 6. The number of carbonyl (C=O) groups is 1. The zero-order chi connectivity index (χ0) is 13.4. The van der Waals surface area contributed by atoms with Gasteiger partial charge in [0.2, 0.25) is 5.91 Å². The van der Waals surface area contributed by atoms with E-state index in [4.69, 9.17) is 21.6 Å². The number of hydrogen-bond acceptors (Lipinski definition) is 3. The second-order valence-electron chi connectivity index (χ2n) is 3.75. The molecule has 0 aliphatic heterocycles. The first-order chi connectivity index (χ1) is 8.71. The Morgan fingerprint density at radius 2 is 2.11 bits per heavy atom. The van der Waals surface area contributed by atoms with E-state index in [-0.39, 0.29) is 11.8 Å². The van der Waals surface area contributed by atoms with Crippen LogP contribution in [0.4, 0.5) is 0 Å². The normalized spacial score (nSPS) is 9.83. The molecule has 0 unspecified atom stereocenters. The Bertz CT molecular complexity index is 426. The van der Waals surface area contributed by atoms with Crippen molar-refractivity contribution in [2.75, 3.05) is 26.1 Å². The molecule has 1 rings (SSSR count). The minimum atomic E-state index is -0.127. The second kappa shape index (κ2) is 7.70. The predicted molar refractivity (Wildman–Crippen MR) is 69.2 cm³/mol. The van der Waals surface area contributed by atoms with E-state index in [2.05, 4.69) is 6.07 Å². The topological polar surface area (TPSA) is 53.3 Å². The van der Waals surface area contributed by atoms with E-state index in [9.17, 15) is 4.79 Å². The van der Waals surface area contributed by atoms with Crippen molar-refractivity contribution in [2.45, 2.75) is 6.54 Å². The number of halogens is 1. The van der Waals surface area contributed by atoms with Gasteiger partial charge < -0.3 is 9.64 Å². The molecule has 18 heavy (non-hydrogen) atoms. The zero-order valence-corrected chi connectivity index (χ0v) is 11.0. The molecular formula is C13H15ClN2O2. The number of nitrogens with zero attached hydrogens (tertiary/aromatic N) is 2. The first kappa shape index (κ1) is 14.5.